The number of fused-ring (bicyclic) bond motifs is 1. The number of hydrogen-bond acceptors (Lipinski definition) is 3. The Bertz CT molecular complexity index is 886. The number of aryl methyl sites for hydroxylation is 1. The molecule has 1 N–H and O–H groups in total. The molecular formula is C20H18N2O3. The van der Waals surface area contributed by atoms with Gasteiger partial charge in [-0.2, -0.15) is 0 Å². The maximum Gasteiger partial charge on any atom is 0.261 e. The second-order valence-electron chi connectivity index (χ2n) is 5.78. The third kappa shape index (κ3) is 3.08. The molecule has 0 aromatic heterocycles. The van der Waals surface area contributed by atoms with E-state index in [1.54, 1.807) is 6.07 Å². The van der Waals surface area contributed by atoms with Gasteiger partial charge in [0.15, 0.2) is 0 Å². The van der Waals surface area contributed by atoms with E-state index in [4.69, 9.17) is 0 Å². The smallest absolute Gasteiger partial charge is 0.261 e. The molecule has 0 spiro atoms. The number of benzene rings is 2. The lowest BCUT2D eigenvalue weighted by molar-refractivity contribution is 0.0672. The fourth-order valence-electron chi connectivity index (χ4n) is 2.80. The zero-order chi connectivity index (χ0) is 18.0. The Morgan fingerprint density at radius 1 is 1.12 bits per heavy atom. The lowest BCUT2D eigenvalue weighted by Gasteiger charge is -2.09. The van der Waals surface area contributed by atoms with Crippen molar-refractivity contribution in [2.45, 2.75) is 13.3 Å². The lowest BCUT2D eigenvalue weighted by Crippen LogP contribution is -2.29. The van der Waals surface area contributed by atoms with Crippen LogP contribution in [0.15, 0.2) is 55.1 Å². The fraction of sp³-hybridized carbons (Fsp3) is 0.150. The van der Waals surface area contributed by atoms with Crippen molar-refractivity contribution in [3.63, 3.8) is 0 Å². The molecule has 5 nitrogen and oxygen atoms in total. The maximum atomic E-state index is 12.5. The van der Waals surface area contributed by atoms with Gasteiger partial charge < -0.3 is 5.32 Å². The minimum absolute atomic E-state index is 0.150. The topological polar surface area (TPSA) is 66.5 Å². The van der Waals surface area contributed by atoms with Crippen LogP contribution in [-0.4, -0.2) is 29.2 Å². The highest BCUT2D eigenvalue weighted by Gasteiger charge is 2.35. The molecule has 0 saturated heterocycles. The van der Waals surface area contributed by atoms with E-state index in [-0.39, 0.29) is 23.9 Å². The van der Waals surface area contributed by atoms with Crippen molar-refractivity contribution in [1.29, 1.82) is 0 Å². The minimum atomic E-state index is -0.400. The van der Waals surface area contributed by atoms with E-state index in [2.05, 4.69) is 11.9 Å². The quantitative estimate of drug-likeness (QED) is 0.674. The molecule has 25 heavy (non-hydrogen) atoms. The summed E-state index contributed by atoms with van der Waals surface area (Å²) in [6, 6.07) is 12.1. The zero-order valence-electron chi connectivity index (χ0n) is 13.9. The van der Waals surface area contributed by atoms with Crippen LogP contribution < -0.4 is 5.32 Å². The summed E-state index contributed by atoms with van der Waals surface area (Å²) in [6.45, 7) is 5.74. The van der Waals surface area contributed by atoms with Gasteiger partial charge in [-0.05, 0) is 42.3 Å². The van der Waals surface area contributed by atoms with E-state index >= 15 is 0 Å². The Morgan fingerprint density at radius 3 is 2.60 bits per heavy atom. The molecule has 3 rings (SSSR count). The predicted octanol–water partition coefficient (Wildman–Crippen LogP) is 3.28. The van der Waals surface area contributed by atoms with E-state index in [1.807, 2.05) is 31.2 Å². The first-order chi connectivity index (χ1) is 12.0. The van der Waals surface area contributed by atoms with Crippen molar-refractivity contribution >= 4 is 23.4 Å². The molecule has 126 valence electrons. The number of nitrogens with zero attached hydrogens (tertiary/aromatic N) is 1. The van der Waals surface area contributed by atoms with Crippen LogP contribution in [0.1, 0.15) is 43.6 Å². The van der Waals surface area contributed by atoms with Crippen LogP contribution in [0, 0.1) is 0 Å². The average molecular weight is 334 g/mol. The van der Waals surface area contributed by atoms with Crippen LogP contribution >= 0.6 is 0 Å². The summed E-state index contributed by atoms with van der Waals surface area (Å²) in [5, 5.41) is 2.82. The van der Waals surface area contributed by atoms with Crippen LogP contribution in [0.3, 0.4) is 0 Å². The Balaban J connectivity index is 1.85. The maximum absolute atomic E-state index is 12.5. The monoisotopic (exact) mass is 334 g/mol. The Hall–Kier alpha value is -3.21. The molecule has 0 radical (unpaired) electrons. The third-order valence-corrected chi connectivity index (χ3v) is 4.14. The number of rotatable bonds is 5. The number of anilines is 1. The van der Waals surface area contributed by atoms with E-state index in [0.717, 1.165) is 16.9 Å². The molecule has 1 heterocycles. The Morgan fingerprint density at radius 2 is 1.88 bits per heavy atom. The van der Waals surface area contributed by atoms with E-state index in [1.165, 1.54) is 18.2 Å². The second-order valence-corrected chi connectivity index (χ2v) is 5.78. The predicted molar refractivity (Wildman–Crippen MR) is 95.8 cm³/mol. The summed E-state index contributed by atoms with van der Waals surface area (Å²) in [5.74, 6) is -1.08. The summed E-state index contributed by atoms with van der Waals surface area (Å²) in [6.07, 6.45) is 2.37. The van der Waals surface area contributed by atoms with Crippen LogP contribution in [0.25, 0.3) is 0 Å². The average Bonchev–Trinajstić information content (AvgIpc) is 2.86. The van der Waals surface area contributed by atoms with Crippen LogP contribution in [0.5, 0.6) is 0 Å². The molecule has 0 atom stereocenters. The van der Waals surface area contributed by atoms with Crippen molar-refractivity contribution in [3.05, 3.63) is 77.4 Å². The van der Waals surface area contributed by atoms with Crippen molar-refractivity contribution in [2.75, 3.05) is 11.9 Å². The molecule has 0 bridgehead atoms. The van der Waals surface area contributed by atoms with Crippen molar-refractivity contribution in [3.8, 4) is 0 Å². The lowest BCUT2D eigenvalue weighted by atomic mass is 10.1. The SMILES string of the molecule is C=CCN1C(=O)c2ccc(C(=O)Nc3cccc(CC)c3)cc2C1=O. The second kappa shape index (κ2) is 6.73. The molecule has 2 aromatic carbocycles. The van der Waals surface area contributed by atoms with Gasteiger partial charge in [0.1, 0.15) is 0 Å². The fourth-order valence-corrected chi connectivity index (χ4v) is 2.80. The molecule has 1 aliphatic heterocycles. The van der Waals surface area contributed by atoms with Gasteiger partial charge in [-0.15, -0.1) is 6.58 Å². The van der Waals surface area contributed by atoms with Gasteiger partial charge in [0.2, 0.25) is 0 Å². The normalized spacial score (nSPS) is 12.9. The first-order valence-electron chi connectivity index (χ1n) is 8.06. The van der Waals surface area contributed by atoms with Crippen LogP contribution in [0.2, 0.25) is 0 Å². The van der Waals surface area contributed by atoms with Gasteiger partial charge in [0, 0.05) is 17.8 Å². The summed E-state index contributed by atoms with van der Waals surface area (Å²) in [5.41, 5.74) is 2.72. The van der Waals surface area contributed by atoms with Crippen molar-refractivity contribution in [2.24, 2.45) is 0 Å². The van der Waals surface area contributed by atoms with E-state index in [9.17, 15) is 14.4 Å². The molecule has 0 fully saturated rings. The molecule has 3 amide bonds. The molecule has 0 aliphatic carbocycles. The summed E-state index contributed by atoms with van der Waals surface area (Å²) >= 11 is 0. The Labute approximate surface area is 146 Å². The van der Waals surface area contributed by atoms with Gasteiger partial charge in [0.25, 0.3) is 17.7 Å². The largest absolute Gasteiger partial charge is 0.322 e. The van der Waals surface area contributed by atoms with E-state index < -0.39 is 5.91 Å². The highest BCUT2D eigenvalue weighted by Crippen LogP contribution is 2.24. The minimum Gasteiger partial charge on any atom is -0.322 e. The van der Waals surface area contributed by atoms with Gasteiger partial charge in [-0.3, -0.25) is 19.3 Å². The molecule has 0 unspecified atom stereocenters. The first kappa shape index (κ1) is 16.6. The number of imide groups is 1. The van der Waals surface area contributed by atoms with E-state index in [0.29, 0.717) is 16.8 Å². The Kier molecular flexibility index (Phi) is 4.48. The molecule has 5 heteroatoms. The standard InChI is InChI=1S/C20H18N2O3/c1-3-10-22-19(24)16-9-8-14(12-17(16)20(22)25)18(23)21-15-7-5-6-13(4-2)11-15/h3,5-9,11-12H,1,4,10H2,2H3,(H,21,23). The van der Waals surface area contributed by atoms with Gasteiger partial charge >= 0.3 is 0 Å². The van der Waals surface area contributed by atoms with Crippen molar-refractivity contribution in [1.82, 2.24) is 4.90 Å². The van der Waals surface area contributed by atoms with Crippen molar-refractivity contribution < 1.29 is 14.4 Å². The molecular weight excluding hydrogens is 316 g/mol. The summed E-state index contributed by atoms with van der Waals surface area (Å²) in [7, 11) is 0. The summed E-state index contributed by atoms with van der Waals surface area (Å²) in [4.78, 5) is 38.1. The molecule has 2 aromatic rings. The number of amides is 3. The zero-order valence-corrected chi connectivity index (χ0v) is 13.9. The van der Waals surface area contributed by atoms with Crippen LogP contribution in [-0.2, 0) is 6.42 Å². The number of hydrogen-bond donors (Lipinski definition) is 1. The van der Waals surface area contributed by atoms with Gasteiger partial charge in [-0.1, -0.05) is 25.1 Å². The van der Waals surface area contributed by atoms with Crippen LogP contribution in [0.4, 0.5) is 5.69 Å². The number of nitrogens with one attached hydrogen (secondary N) is 1. The van der Waals surface area contributed by atoms with Gasteiger partial charge in [-0.25, -0.2) is 0 Å². The first-order valence-corrected chi connectivity index (χ1v) is 8.06. The molecule has 0 saturated carbocycles. The third-order valence-electron chi connectivity index (χ3n) is 4.14. The highest BCUT2D eigenvalue weighted by atomic mass is 16.2. The number of carbonyl (C=O) groups excluding carboxylic acids is 3. The van der Waals surface area contributed by atoms with Gasteiger partial charge in [0.05, 0.1) is 11.1 Å². The summed E-state index contributed by atoms with van der Waals surface area (Å²) < 4.78 is 0. The highest BCUT2D eigenvalue weighted by molar-refractivity contribution is 6.22. The molecule has 1 aliphatic rings. The number of carbonyl (C=O) groups is 3.